The van der Waals surface area contributed by atoms with Crippen molar-refractivity contribution in [3.63, 3.8) is 0 Å². The molecule has 0 bridgehead atoms. The van der Waals surface area contributed by atoms with Crippen LogP contribution < -0.4 is 5.73 Å². The lowest BCUT2D eigenvalue weighted by Crippen LogP contribution is -2.34. The second-order valence-corrected chi connectivity index (χ2v) is 5.21. The number of aryl methyl sites for hydroxylation is 1. The lowest BCUT2D eigenvalue weighted by atomic mass is 9.79. The van der Waals surface area contributed by atoms with Crippen LogP contribution in [0.5, 0.6) is 0 Å². The smallest absolute Gasteiger partial charge is 0.0422 e. The Hall–Kier alpha value is -1.60. The molecule has 2 N–H and O–H groups in total. The number of nitrogens with two attached hydrogens (primary N) is 1. The summed E-state index contributed by atoms with van der Waals surface area (Å²) in [6.45, 7) is 4.30. The minimum atomic E-state index is -0.237. The highest BCUT2D eigenvalue weighted by Gasteiger charge is 2.26. The van der Waals surface area contributed by atoms with Crippen molar-refractivity contribution in [1.82, 2.24) is 0 Å². The molecule has 1 atom stereocenters. The molecule has 86 valence electrons. The third-order valence-corrected chi connectivity index (χ3v) is 3.80. The van der Waals surface area contributed by atoms with Gasteiger partial charge in [-0.1, -0.05) is 36.4 Å². The van der Waals surface area contributed by atoms with E-state index in [9.17, 15) is 0 Å². The summed E-state index contributed by atoms with van der Waals surface area (Å²) in [6, 6.07) is 10.8. The van der Waals surface area contributed by atoms with Gasteiger partial charge in [0, 0.05) is 5.54 Å². The number of hydrogen-bond donors (Lipinski definition) is 1. The zero-order valence-corrected chi connectivity index (χ0v) is 10.3. The Kier molecular flexibility index (Phi) is 2.14. The Morgan fingerprint density at radius 1 is 1.24 bits per heavy atom. The molecule has 0 saturated carbocycles. The van der Waals surface area contributed by atoms with E-state index in [2.05, 4.69) is 56.3 Å². The summed E-state index contributed by atoms with van der Waals surface area (Å²) in [5, 5.41) is 2.62. The Morgan fingerprint density at radius 3 is 2.82 bits per heavy atom. The van der Waals surface area contributed by atoms with Crippen LogP contribution in [0.1, 0.15) is 30.0 Å². The van der Waals surface area contributed by atoms with E-state index < -0.39 is 0 Å². The summed E-state index contributed by atoms with van der Waals surface area (Å²) in [5.74, 6) is 0. The first-order chi connectivity index (χ1) is 8.09. The van der Waals surface area contributed by atoms with Gasteiger partial charge in [-0.05, 0) is 53.8 Å². The first kappa shape index (κ1) is 10.5. The maximum Gasteiger partial charge on any atom is 0.0422 e. The van der Waals surface area contributed by atoms with Crippen molar-refractivity contribution in [1.29, 1.82) is 0 Å². The van der Waals surface area contributed by atoms with Gasteiger partial charge >= 0.3 is 0 Å². The zero-order valence-electron chi connectivity index (χ0n) is 10.3. The van der Waals surface area contributed by atoms with Gasteiger partial charge in [0.05, 0.1) is 0 Å². The van der Waals surface area contributed by atoms with Gasteiger partial charge < -0.3 is 5.73 Å². The maximum atomic E-state index is 6.40. The zero-order chi connectivity index (χ0) is 12.0. The lowest BCUT2D eigenvalue weighted by Gasteiger charge is -2.30. The van der Waals surface area contributed by atoms with E-state index in [-0.39, 0.29) is 5.54 Å². The van der Waals surface area contributed by atoms with Gasteiger partial charge in [0.25, 0.3) is 0 Å². The summed E-state index contributed by atoms with van der Waals surface area (Å²) < 4.78 is 0. The summed E-state index contributed by atoms with van der Waals surface area (Å²) >= 11 is 0. The van der Waals surface area contributed by atoms with Gasteiger partial charge in [0.1, 0.15) is 0 Å². The molecule has 2 aromatic rings. The molecular weight excluding hydrogens is 206 g/mol. The third kappa shape index (κ3) is 1.50. The topological polar surface area (TPSA) is 26.0 Å². The van der Waals surface area contributed by atoms with Gasteiger partial charge in [-0.25, -0.2) is 0 Å². The number of benzene rings is 2. The molecule has 0 spiro atoms. The fraction of sp³-hybridized carbons (Fsp3) is 0.250. The van der Waals surface area contributed by atoms with Gasteiger partial charge in [-0.15, -0.1) is 0 Å². The quantitative estimate of drug-likeness (QED) is 0.723. The Balaban J connectivity index is 2.43. The summed E-state index contributed by atoms with van der Waals surface area (Å²) in [4.78, 5) is 0. The molecule has 1 unspecified atom stereocenters. The lowest BCUT2D eigenvalue weighted by molar-refractivity contribution is 0.497. The SMILES string of the molecule is Cc1c2c(cc3ccccc13)C(C)(N)CC=C2. The summed E-state index contributed by atoms with van der Waals surface area (Å²) in [5.41, 5.74) is 10.1. The molecule has 17 heavy (non-hydrogen) atoms. The van der Waals surface area contributed by atoms with E-state index in [4.69, 9.17) is 5.73 Å². The maximum absolute atomic E-state index is 6.40. The second-order valence-electron chi connectivity index (χ2n) is 5.21. The van der Waals surface area contributed by atoms with Gasteiger partial charge in [0.15, 0.2) is 0 Å². The van der Waals surface area contributed by atoms with Crippen LogP contribution in [-0.2, 0) is 5.54 Å². The average Bonchev–Trinajstić information content (AvgIpc) is 2.31. The Labute approximate surface area is 102 Å². The molecule has 2 aromatic carbocycles. The van der Waals surface area contributed by atoms with E-state index in [1.165, 1.54) is 27.5 Å². The Bertz CT molecular complexity index is 621. The van der Waals surface area contributed by atoms with Crippen LogP contribution in [0.3, 0.4) is 0 Å². The van der Waals surface area contributed by atoms with E-state index in [0.717, 1.165) is 6.42 Å². The fourth-order valence-electron chi connectivity index (χ4n) is 2.76. The highest BCUT2D eigenvalue weighted by Crippen LogP contribution is 2.36. The first-order valence-corrected chi connectivity index (χ1v) is 6.08. The molecule has 0 amide bonds. The van der Waals surface area contributed by atoms with Crippen LogP contribution in [0.25, 0.3) is 16.8 Å². The molecule has 0 saturated heterocycles. The molecule has 0 heterocycles. The third-order valence-electron chi connectivity index (χ3n) is 3.80. The largest absolute Gasteiger partial charge is 0.321 e. The van der Waals surface area contributed by atoms with Gasteiger partial charge in [0.2, 0.25) is 0 Å². The van der Waals surface area contributed by atoms with Crippen molar-refractivity contribution in [3.8, 4) is 0 Å². The van der Waals surface area contributed by atoms with Crippen LogP contribution in [-0.4, -0.2) is 0 Å². The monoisotopic (exact) mass is 223 g/mol. The number of fused-ring (bicyclic) bond motifs is 2. The molecule has 0 radical (unpaired) electrons. The molecule has 1 aliphatic carbocycles. The standard InChI is InChI=1S/C16H17N/c1-11-13-7-4-3-6-12(13)10-15-14(11)8-5-9-16(15,2)17/h3-8,10H,9,17H2,1-2H3. The predicted octanol–water partition coefficient (Wildman–Crippen LogP) is 3.74. The molecule has 0 fully saturated rings. The van der Waals surface area contributed by atoms with Crippen LogP contribution in [0.15, 0.2) is 36.4 Å². The summed E-state index contributed by atoms with van der Waals surface area (Å²) in [6.07, 6.45) is 5.31. The fourth-order valence-corrected chi connectivity index (χ4v) is 2.76. The normalized spacial score (nSPS) is 22.8. The van der Waals surface area contributed by atoms with Gasteiger partial charge in [-0.2, -0.15) is 0 Å². The van der Waals surface area contributed by atoms with Crippen LogP contribution in [0, 0.1) is 6.92 Å². The molecule has 1 nitrogen and oxygen atoms in total. The van der Waals surface area contributed by atoms with Crippen molar-refractivity contribution in [3.05, 3.63) is 53.1 Å². The van der Waals surface area contributed by atoms with Crippen LogP contribution in [0.2, 0.25) is 0 Å². The Morgan fingerprint density at radius 2 is 2.00 bits per heavy atom. The molecular formula is C16H17N. The molecule has 1 heteroatoms. The van der Waals surface area contributed by atoms with E-state index in [1.807, 2.05) is 0 Å². The van der Waals surface area contributed by atoms with Gasteiger partial charge in [-0.3, -0.25) is 0 Å². The predicted molar refractivity (Wildman–Crippen MR) is 73.9 cm³/mol. The number of hydrogen-bond acceptors (Lipinski definition) is 1. The molecule has 0 aliphatic heterocycles. The minimum absolute atomic E-state index is 0.237. The van der Waals surface area contributed by atoms with Crippen LogP contribution >= 0.6 is 0 Å². The van der Waals surface area contributed by atoms with E-state index in [0.29, 0.717) is 0 Å². The number of rotatable bonds is 0. The van der Waals surface area contributed by atoms with Crippen molar-refractivity contribution >= 4 is 16.8 Å². The highest BCUT2D eigenvalue weighted by molar-refractivity contribution is 5.90. The summed E-state index contributed by atoms with van der Waals surface area (Å²) in [7, 11) is 0. The highest BCUT2D eigenvalue weighted by atomic mass is 14.7. The molecule has 3 rings (SSSR count). The molecule has 0 aromatic heterocycles. The van der Waals surface area contributed by atoms with Crippen LogP contribution in [0.4, 0.5) is 0 Å². The molecule has 1 aliphatic rings. The minimum Gasteiger partial charge on any atom is -0.321 e. The average molecular weight is 223 g/mol. The second kappa shape index (κ2) is 3.44. The van der Waals surface area contributed by atoms with Crippen molar-refractivity contribution in [2.45, 2.75) is 25.8 Å². The van der Waals surface area contributed by atoms with Crippen molar-refractivity contribution in [2.24, 2.45) is 5.73 Å². The van der Waals surface area contributed by atoms with Crippen molar-refractivity contribution < 1.29 is 0 Å². The van der Waals surface area contributed by atoms with E-state index in [1.54, 1.807) is 0 Å². The van der Waals surface area contributed by atoms with Crippen molar-refractivity contribution in [2.75, 3.05) is 0 Å². The van der Waals surface area contributed by atoms with E-state index >= 15 is 0 Å². The first-order valence-electron chi connectivity index (χ1n) is 6.08.